The Labute approximate surface area is 113 Å². The maximum absolute atomic E-state index is 5.73. The molecule has 2 aromatic rings. The van der Waals surface area contributed by atoms with Crippen LogP contribution < -0.4 is 10.1 Å². The predicted octanol–water partition coefficient (Wildman–Crippen LogP) is 3.08. The summed E-state index contributed by atoms with van der Waals surface area (Å²) in [5.41, 5.74) is 2.08. The van der Waals surface area contributed by atoms with Crippen LogP contribution in [0.1, 0.15) is 25.1 Å². The van der Waals surface area contributed by atoms with Crippen molar-refractivity contribution in [2.75, 3.05) is 0 Å². The van der Waals surface area contributed by atoms with E-state index in [1.165, 1.54) is 0 Å². The fourth-order valence-electron chi connectivity index (χ4n) is 1.59. The van der Waals surface area contributed by atoms with Crippen LogP contribution in [0.15, 0.2) is 36.8 Å². The van der Waals surface area contributed by atoms with Gasteiger partial charge in [-0.3, -0.25) is 9.97 Å². The molecule has 0 unspecified atom stereocenters. The first-order valence-corrected chi connectivity index (χ1v) is 6.41. The predicted molar refractivity (Wildman–Crippen MR) is 75.3 cm³/mol. The third kappa shape index (κ3) is 4.34. The zero-order chi connectivity index (χ0) is 13.7. The molecule has 0 aliphatic carbocycles. The standard InChI is InChI=1S/C15H19N3O/c1-11(2)17-8-13-6-15(9-16-7-13)19-14-5-4-12(3)18-10-14/h4-7,9-11,17H,8H2,1-3H3. The lowest BCUT2D eigenvalue weighted by atomic mass is 10.2. The van der Waals surface area contributed by atoms with Crippen molar-refractivity contribution in [1.29, 1.82) is 0 Å². The van der Waals surface area contributed by atoms with E-state index in [0.29, 0.717) is 6.04 Å². The molecule has 0 radical (unpaired) electrons. The van der Waals surface area contributed by atoms with Gasteiger partial charge in [-0.25, -0.2) is 0 Å². The van der Waals surface area contributed by atoms with Gasteiger partial charge in [-0.05, 0) is 30.7 Å². The van der Waals surface area contributed by atoms with Crippen molar-refractivity contribution in [3.8, 4) is 11.5 Å². The fourth-order valence-corrected chi connectivity index (χ4v) is 1.59. The topological polar surface area (TPSA) is 47.0 Å². The molecule has 2 rings (SSSR count). The number of hydrogen-bond acceptors (Lipinski definition) is 4. The normalized spacial score (nSPS) is 10.7. The summed E-state index contributed by atoms with van der Waals surface area (Å²) < 4.78 is 5.73. The lowest BCUT2D eigenvalue weighted by Crippen LogP contribution is -2.21. The quantitative estimate of drug-likeness (QED) is 0.894. The Morgan fingerprint density at radius 2 is 2.00 bits per heavy atom. The zero-order valence-corrected chi connectivity index (χ0v) is 11.6. The average Bonchev–Trinajstić information content (AvgIpc) is 2.40. The van der Waals surface area contributed by atoms with E-state index in [4.69, 9.17) is 4.74 Å². The molecule has 0 atom stereocenters. The molecule has 0 saturated heterocycles. The Kier molecular flexibility index (Phi) is 4.47. The molecular formula is C15H19N3O. The van der Waals surface area contributed by atoms with Crippen molar-refractivity contribution in [1.82, 2.24) is 15.3 Å². The van der Waals surface area contributed by atoms with Crippen LogP contribution in [0.3, 0.4) is 0 Å². The Hall–Kier alpha value is -1.94. The van der Waals surface area contributed by atoms with E-state index in [1.807, 2.05) is 31.3 Å². The van der Waals surface area contributed by atoms with Crippen LogP contribution >= 0.6 is 0 Å². The number of pyridine rings is 2. The van der Waals surface area contributed by atoms with Gasteiger partial charge in [-0.2, -0.15) is 0 Å². The molecule has 19 heavy (non-hydrogen) atoms. The van der Waals surface area contributed by atoms with Gasteiger partial charge < -0.3 is 10.1 Å². The molecule has 0 aromatic carbocycles. The number of hydrogen-bond donors (Lipinski definition) is 1. The summed E-state index contributed by atoms with van der Waals surface area (Å²) in [6, 6.07) is 6.27. The van der Waals surface area contributed by atoms with Gasteiger partial charge in [0.25, 0.3) is 0 Å². The molecule has 0 fully saturated rings. The van der Waals surface area contributed by atoms with E-state index < -0.39 is 0 Å². The molecule has 0 aliphatic heterocycles. The lowest BCUT2D eigenvalue weighted by Gasteiger charge is -2.09. The van der Waals surface area contributed by atoms with Crippen LogP contribution in [-0.2, 0) is 6.54 Å². The smallest absolute Gasteiger partial charge is 0.146 e. The van der Waals surface area contributed by atoms with Gasteiger partial charge in [0.05, 0.1) is 12.4 Å². The Balaban J connectivity index is 2.04. The molecule has 2 aromatic heterocycles. The maximum atomic E-state index is 5.73. The highest BCUT2D eigenvalue weighted by molar-refractivity contribution is 5.30. The molecule has 4 nitrogen and oxygen atoms in total. The highest BCUT2D eigenvalue weighted by Crippen LogP contribution is 2.20. The molecule has 0 saturated carbocycles. The molecule has 0 spiro atoms. The van der Waals surface area contributed by atoms with Crippen LogP contribution in [0.5, 0.6) is 11.5 Å². The van der Waals surface area contributed by atoms with Gasteiger partial charge in [-0.1, -0.05) is 13.8 Å². The molecule has 4 heteroatoms. The molecule has 0 bridgehead atoms. The minimum Gasteiger partial charge on any atom is -0.454 e. The third-order valence-electron chi connectivity index (χ3n) is 2.60. The average molecular weight is 257 g/mol. The van der Waals surface area contributed by atoms with E-state index >= 15 is 0 Å². The zero-order valence-electron chi connectivity index (χ0n) is 11.6. The van der Waals surface area contributed by atoms with Gasteiger partial charge >= 0.3 is 0 Å². The van der Waals surface area contributed by atoms with Crippen LogP contribution in [0.4, 0.5) is 0 Å². The van der Waals surface area contributed by atoms with E-state index in [1.54, 1.807) is 12.4 Å². The van der Waals surface area contributed by atoms with Crippen LogP contribution in [0.25, 0.3) is 0 Å². The van der Waals surface area contributed by atoms with Crippen molar-refractivity contribution in [3.63, 3.8) is 0 Å². The van der Waals surface area contributed by atoms with Crippen molar-refractivity contribution in [2.45, 2.75) is 33.4 Å². The van der Waals surface area contributed by atoms with Crippen LogP contribution in [-0.4, -0.2) is 16.0 Å². The Morgan fingerprint density at radius 3 is 2.68 bits per heavy atom. The SMILES string of the molecule is Cc1ccc(Oc2cncc(CNC(C)C)c2)cn1. The van der Waals surface area contributed by atoms with Gasteiger partial charge in [0.15, 0.2) is 0 Å². The maximum Gasteiger partial charge on any atom is 0.146 e. The Morgan fingerprint density at radius 1 is 1.16 bits per heavy atom. The van der Waals surface area contributed by atoms with Crippen LogP contribution in [0, 0.1) is 6.92 Å². The first-order valence-electron chi connectivity index (χ1n) is 6.41. The first kappa shape index (κ1) is 13.5. The molecular weight excluding hydrogens is 238 g/mol. The van der Waals surface area contributed by atoms with Gasteiger partial charge in [0.1, 0.15) is 11.5 Å². The number of ether oxygens (including phenoxy) is 1. The fraction of sp³-hybridized carbons (Fsp3) is 0.333. The monoisotopic (exact) mass is 257 g/mol. The van der Waals surface area contributed by atoms with E-state index in [9.17, 15) is 0 Å². The third-order valence-corrected chi connectivity index (χ3v) is 2.60. The number of rotatable bonds is 5. The van der Waals surface area contributed by atoms with Crippen molar-refractivity contribution < 1.29 is 4.74 Å². The summed E-state index contributed by atoms with van der Waals surface area (Å²) in [4.78, 5) is 8.39. The summed E-state index contributed by atoms with van der Waals surface area (Å²) >= 11 is 0. The number of aryl methyl sites for hydroxylation is 1. The molecule has 1 N–H and O–H groups in total. The summed E-state index contributed by atoms with van der Waals surface area (Å²) in [7, 11) is 0. The number of nitrogens with one attached hydrogen (secondary N) is 1. The highest BCUT2D eigenvalue weighted by atomic mass is 16.5. The van der Waals surface area contributed by atoms with Gasteiger partial charge in [-0.15, -0.1) is 0 Å². The molecule has 0 amide bonds. The van der Waals surface area contributed by atoms with Gasteiger partial charge in [0.2, 0.25) is 0 Å². The van der Waals surface area contributed by atoms with Crippen molar-refractivity contribution in [2.24, 2.45) is 0 Å². The largest absolute Gasteiger partial charge is 0.454 e. The minimum absolute atomic E-state index is 0.450. The second kappa shape index (κ2) is 6.29. The summed E-state index contributed by atoms with van der Waals surface area (Å²) in [6.07, 6.45) is 5.27. The summed E-state index contributed by atoms with van der Waals surface area (Å²) in [5, 5.41) is 3.35. The molecule has 2 heterocycles. The van der Waals surface area contributed by atoms with Crippen molar-refractivity contribution >= 4 is 0 Å². The van der Waals surface area contributed by atoms with E-state index in [-0.39, 0.29) is 0 Å². The Bertz CT molecular complexity index is 523. The summed E-state index contributed by atoms with van der Waals surface area (Å²) in [5.74, 6) is 1.45. The van der Waals surface area contributed by atoms with Crippen LogP contribution in [0.2, 0.25) is 0 Å². The second-order valence-corrected chi connectivity index (χ2v) is 4.80. The second-order valence-electron chi connectivity index (χ2n) is 4.80. The molecule has 100 valence electrons. The first-order chi connectivity index (χ1) is 9.13. The van der Waals surface area contributed by atoms with E-state index in [0.717, 1.165) is 29.3 Å². The summed E-state index contributed by atoms with van der Waals surface area (Å²) in [6.45, 7) is 6.97. The minimum atomic E-state index is 0.450. The number of nitrogens with zero attached hydrogens (tertiary/aromatic N) is 2. The van der Waals surface area contributed by atoms with Crippen molar-refractivity contribution in [3.05, 3.63) is 48.0 Å². The highest BCUT2D eigenvalue weighted by Gasteiger charge is 2.01. The van der Waals surface area contributed by atoms with E-state index in [2.05, 4.69) is 29.1 Å². The number of aromatic nitrogens is 2. The lowest BCUT2D eigenvalue weighted by molar-refractivity contribution is 0.475. The molecule has 0 aliphatic rings. The van der Waals surface area contributed by atoms with Gasteiger partial charge in [0, 0.05) is 24.5 Å².